The van der Waals surface area contributed by atoms with Gasteiger partial charge in [0.25, 0.3) is 5.56 Å². The van der Waals surface area contributed by atoms with Crippen LogP contribution in [0.2, 0.25) is 5.02 Å². The molecular formula is C21H16ClFN6O2. The van der Waals surface area contributed by atoms with E-state index in [1.54, 1.807) is 42.3 Å². The van der Waals surface area contributed by atoms with Gasteiger partial charge in [-0.25, -0.2) is 14.4 Å². The van der Waals surface area contributed by atoms with Crippen molar-refractivity contribution < 1.29 is 9.50 Å². The third-order valence-corrected chi connectivity index (χ3v) is 4.84. The summed E-state index contributed by atoms with van der Waals surface area (Å²) in [5, 5.41) is 16.7. The molecule has 0 spiro atoms. The molecule has 2 N–H and O–H groups in total. The van der Waals surface area contributed by atoms with E-state index in [4.69, 9.17) is 11.6 Å². The van der Waals surface area contributed by atoms with Gasteiger partial charge in [-0.2, -0.15) is 5.10 Å². The summed E-state index contributed by atoms with van der Waals surface area (Å²) in [6.45, 7) is 0. The first-order chi connectivity index (χ1) is 15.0. The van der Waals surface area contributed by atoms with Gasteiger partial charge in [-0.1, -0.05) is 17.7 Å². The number of nitrogens with zero attached hydrogens (tertiary/aromatic N) is 5. The Hall–Kier alpha value is -3.98. The monoisotopic (exact) mass is 438 g/mol. The maximum Gasteiger partial charge on any atom is 0.255 e. The van der Waals surface area contributed by atoms with E-state index in [1.807, 2.05) is 0 Å². The van der Waals surface area contributed by atoms with E-state index in [9.17, 15) is 14.3 Å². The predicted molar refractivity (Wildman–Crippen MR) is 116 cm³/mol. The van der Waals surface area contributed by atoms with Gasteiger partial charge in [0.1, 0.15) is 17.9 Å². The summed E-state index contributed by atoms with van der Waals surface area (Å²) in [5.41, 5.74) is 1.04. The van der Waals surface area contributed by atoms with Crippen LogP contribution >= 0.6 is 11.6 Å². The SMILES string of the molecule is Cn1nccc1Nc1nccc(-c2ccn(C(=CO)c3ccc(Cl)c(F)c3)c(=O)c2)n1. The van der Waals surface area contributed by atoms with Gasteiger partial charge in [0.15, 0.2) is 0 Å². The molecule has 0 unspecified atom stereocenters. The van der Waals surface area contributed by atoms with Crippen molar-refractivity contribution in [2.24, 2.45) is 7.05 Å². The fourth-order valence-electron chi connectivity index (χ4n) is 2.96. The van der Waals surface area contributed by atoms with E-state index < -0.39 is 11.4 Å². The predicted octanol–water partition coefficient (Wildman–Crippen LogP) is 3.98. The molecule has 0 atom stereocenters. The van der Waals surface area contributed by atoms with Crippen molar-refractivity contribution in [2.45, 2.75) is 0 Å². The average Bonchev–Trinajstić information content (AvgIpc) is 3.16. The highest BCUT2D eigenvalue weighted by Gasteiger charge is 2.12. The maximum atomic E-state index is 13.8. The zero-order valence-corrected chi connectivity index (χ0v) is 17.0. The Morgan fingerprint density at radius 1 is 1.19 bits per heavy atom. The van der Waals surface area contributed by atoms with Gasteiger partial charge >= 0.3 is 0 Å². The first-order valence-corrected chi connectivity index (χ1v) is 9.45. The average molecular weight is 439 g/mol. The van der Waals surface area contributed by atoms with Crippen LogP contribution in [0.15, 0.2) is 72.1 Å². The number of aliphatic hydroxyl groups is 1. The zero-order valence-electron chi connectivity index (χ0n) is 16.2. The molecular weight excluding hydrogens is 423 g/mol. The molecule has 156 valence electrons. The van der Waals surface area contributed by atoms with E-state index in [0.29, 0.717) is 28.6 Å². The Morgan fingerprint density at radius 2 is 2.03 bits per heavy atom. The molecule has 0 aliphatic rings. The van der Waals surface area contributed by atoms with Gasteiger partial charge in [0, 0.05) is 42.7 Å². The molecule has 31 heavy (non-hydrogen) atoms. The molecule has 0 aliphatic heterocycles. The Labute approximate surface area is 180 Å². The van der Waals surface area contributed by atoms with Gasteiger partial charge in [-0.05, 0) is 24.3 Å². The molecule has 4 rings (SSSR count). The van der Waals surface area contributed by atoms with Crippen LogP contribution < -0.4 is 10.9 Å². The van der Waals surface area contributed by atoms with Crippen LogP contribution in [0.3, 0.4) is 0 Å². The lowest BCUT2D eigenvalue weighted by Gasteiger charge is -2.11. The molecule has 0 saturated carbocycles. The van der Waals surface area contributed by atoms with Crippen LogP contribution in [0.5, 0.6) is 0 Å². The summed E-state index contributed by atoms with van der Waals surface area (Å²) in [7, 11) is 1.78. The van der Waals surface area contributed by atoms with Crippen LogP contribution in [0.1, 0.15) is 5.56 Å². The fourth-order valence-corrected chi connectivity index (χ4v) is 3.08. The van der Waals surface area contributed by atoms with Crippen LogP contribution in [0.25, 0.3) is 17.0 Å². The van der Waals surface area contributed by atoms with Crippen LogP contribution in [-0.4, -0.2) is 29.4 Å². The molecule has 10 heteroatoms. The van der Waals surface area contributed by atoms with Crippen molar-refractivity contribution in [3.05, 3.63) is 94.1 Å². The van der Waals surface area contributed by atoms with E-state index in [-0.39, 0.29) is 10.7 Å². The van der Waals surface area contributed by atoms with Crippen molar-refractivity contribution in [1.29, 1.82) is 0 Å². The third-order valence-electron chi connectivity index (χ3n) is 4.53. The number of halogens is 2. The normalized spacial score (nSPS) is 11.5. The largest absolute Gasteiger partial charge is 0.513 e. The van der Waals surface area contributed by atoms with Gasteiger partial charge in [0.05, 0.1) is 22.6 Å². The molecule has 0 bridgehead atoms. The second-order valence-corrected chi connectivity index (χ2v) is 6.90. The number of hydrogen-bond donors (Lipinski definition) is 2. The van der Waals surface area contributed by atoms with E-state index in [2.05, 4.69) is 20.4 Å². The lowest BCUT2D eigenvalue weighted by molar-refractivity contribution is 0.473. The minimum Gasteiger partial charge on any atom is -0.513 e. The number of benzene rings is 1. The summed E-state index contributed by atoms with van der Waals surface area (Å²) in [4.78, 5) is 21.4. The second kappa shape index (κ2) is 8.41. The minimum absolute atomic E-state index is 0.0527. The smallest absolute Gasteiger partial charge is 0.255 e. The van der Waals surface area contributed by atoms with Crippen molar-refractivity contribution in [3.8, 4) is 11.3 Å². The van der Waals surface area contributed by atoms with Crippen LogP contribution in [-0.2, 0) is 7.05 Å². The highest BCUT2D eigenvalue weighted by molar-refractivity contribution is 6.30. The summed E-state index contributed by atoms with van der Waals surface area (Å²) < 4.78 is 16.7. The van der Waals surface area contributed by atoms with Crippen molar-refractivity contribution in [3.63, 3.8) is 0 Å². The Balaban J connectivity index is 1.66. The molecule has 0 radical (unpaired) electrons. The van der Waals surface area contributed by atoms with Crippen molar-refractivity contribution >= 4 is 29.1 Å². The third kappa shape index (κ3) is 4.17. The summed E-state index contributed by atoms with van der Waals surface area (Å²) in [6.07, 6.45) is 5.43. The number of aromatic nitrogens is 5. The van der Waals surface area contributed by atoms with Gasteiger partial charge < -0.3 is 10.4 Å². The fraction of sp³-hybridized carbons (Fsp3) is 0.0476. The molecule has 0 fully saturated rings. The van der Waals surface area contributed by atoms with E-state index in [1.165, 1.54) is 29.0 Å². The maximum absolute atomic E-state index is 13.8. The number of nitrogens with one attached hydrogen (secondary N) is 1. The number of hydrogen-bond acceptors (Lipinski definition) is 6. The molecule has 1 aromatic carbocycles. The lowest BCUT2D eigenvalue weighted by atomic mass is 10.1. The molecule has 0 amide bonds. The van der Waals surface area contributed by atoms with Gasteiger partial charge in [-0.3, -0.25) is 14.0 Å². The van der Waals surface area contributed by atoms with Crippen LogP contribution in [0.4, 0.5) is 16.2 Å². The standard InChI is InChI=1S/C21H16ClFN6O2/c1-28-19(5-8-25-28)27-21-24-7-4-17(26-21)13-6-9-29(20(31)11-13)18(12-30)14-2-3-15(22)16(23)10-14/h2-12,30H,1H3,(H,24,26,27). The number of aliphatic hydroxyl groups excluding tert-OH is 1. The summed E-state index contributed by atoms with van der Waals surface area (Å²) in [6, 6.07) is 10.5. The van der Waals surface area contributed by atoms with Crippen molar-refractivity contribution in [2.75, 3.05) is 5.32 Å². The molecule has 0 saturated heterocycles. The first-order valence-electron chi connectivity index (χ1n) is 9.07. The Bertz CT molecular complexity index is 1350. The van der Waals surface area contributed by atoms with Gasteiger partial charge in [-0.15, -0.1) is 0 Å². The van der Waals surface area contributed by atoms with E-state index in [0.717, 1.165) is 12.3 Å². The minimum atomic E-state index is -0.655. The summed E-state index contributed by atoms with van der Waals surface area (Å²) >= 11 is 5.71. The molecule has 8 nitrogen and oxygen atoms in total. The molecule has 0 aliphatic carbocycles. The molecule has 3 heterocycles. The summed E-state index contributed by atoms with van der Waals surface area (Å²) in [5.74, 6) is 0.399. The highest BCUT2D eigenvalue weighted by atomic mass is 35.5. The number of aryl methyl sites for hydroxylation is 1. The number of rotatable bonds is 5. The molecule has 4 aromatic rings. The topological polar surface area (TPSA) is 97.9 Å². The van der Waals surface area contributed by atoms with E-state index >= 15 is 0 Å². The zero-order chi connectivity index (χ0) is 22.0. The van der Waals surface area contributed by atoms with Crippen molar-refractivity contribution in [1.82, 2.24) is 24.3 Å². The number of pyridine rings is 1. The van der Waals surface area contributed by atoms with Crippen LogP contribution in [0, 0.1) is 5.82 Å². The highest BCUT2D eigenvalue weighted by Crippen LogP contribution is 2.23. The Morgan fingerprint density at radius 3 is 2.71 bits per heavy atom. The first kappa shape index (κ1) is 20.3. The molecule has 3 aromatic heterocycles. The van der Waals surface area contributed by atoms with Gasteiger partial charge in [0.2, 0.25) is 5.95 Å². The number of anilines is 2. The quantitative estimate of drug-likeness (QED) is 0.457. The second-order valence-electron chi connectivity index (χ2n) is 6.50. The lowest BCUT2D eigenvalue weighted by Crippen LogP contribution is -2.18. The Kier molecular flexibility index (Phi) is 5.50.